The topological polar surface area (TPSA) is 17.1 Å². The lowest BCUT2D eigenvalue weighted by atomic mass is 9.48. The molecule has 1 heteroatoms. The fourth-order valence-corrected chi connectivity index (χ4v) is 2.98. The Hall–Kier alpha value is -0.590. The van der Waals surface area contributed by atoms with Crippen LogP contribution in [0.5, 0.6) is 0 Å². The van der Waals surface area contributed by atoms with E-state index in [1.165, 1.54) is 12.8 Å². The zero-order valence-electron chi connectivity index (χ0n) is 8.55. The van der Waals surface area contributed by atoms with E-state index in [9.17, 15) is 4.79 Å². The zero-order chi connectivity index (χ0) is 9.47. The third-order valence-corrected chi connectivity index (χ3v) is 4.13. The van der Waals surface area contributed by atoms with Crippen molar-refractivity contribution in [2.45, 2.75) is 39.5 Å². The summed E-state index contributed by atoms with van der Waals surface area (Å²) in [4.78, 5) is 10.3. The van der Waals surface area contributed by atoms with Gasteiger partial charge in [-0.2, -0.15) is 0 Å². The summed E-state index contributed by atoms with van der Waals surface area (Å²) in [5.74, 6) is 1.70. The number of carbonyl (C=O) groups excluding carboxylic acids is 1. The van der Waals surface area contributed by atoms with Crippen LogP contribution in [-0.2, 0) is 4.79 Å². The molecule has 0 unspecified atom stereocenters. The molecule has 0 amide bonds. The molecule has 1 fully saturated rings. The third-order valence-electron chi connectivity index (χ3n) is 4.13. The van der Waals surface area contributed by atoms with Crippen molar-refractivity contribution in [3.63, 3.8) is 0 Å². The van der Waals surface area contributed by atoms with Gasteiger partial charge in [0.25, 0.3) is 0 Å². The van der Waals surface area contributed by atoms with E-state index >= 15 is 0 Å². The van der Waals surface area contributed by atoms with E-state index in [4.69, 9.17) is 0 Å². The Morgan fingerprint density at radius 1 is 1.62 bits per heavy atom. The highest BCUT2D eigenvalue weighted by atomic mass is 16.1. The fraction of sp³-hybridized carbons (Fsp3) is 0.750. The van der Waals surface area contributed by atoms with Crippen molar-refractivity contribution in [1.82, 2.24) is 0 Å². The Labute approximate surface area is 80.2 Å². The van der Waals surface area contributed by atoms with Crippen molar-refractivity contribution < 1.29 is 4.79 Å². The van der Waals surface area contributed by atoms with Gasteiger partial charge in [-0.15, -0.1) is 0 Å². The minimum absolute atomic E-state index is 0.521. The van der Waals surface area contributed by atoms with Crippen LogP contribution in [-0.4, -0.2) is 6.29 Å². The fourth-order valence-electron chi connectivity index (χ4n) is 2.98. The SMILES string of the molecule is CC1(C)[C@@H]2CC=C(CCC=O)[C@H]1C2. The van der Waals surface area contributed by atoms with Gasteiger partial charge in [-0.1, -0.05) is 25.5 Å². The summed E-state index contributed by atoms with van der Waals surface area (Å²) >= 11 is 0. The van der Waals surface area contributed by atoms with Gasteiger partial charge in [0, 0.05) is 6.42 Å². The Bertz CT molecular complexity index is 250. The first kappa shape index (κ1) is 8.98. The largest absolute Gasteiger partial charge is 0.303 e. The molecule has 0 aromatic carbocycles. The lowest BCUT2D eigenvalue weighted by molar-refractivity contribution is -0.107. The Kier molecular flexibility index (Phi) is 2.05. The number of hydrogen-bond acceptors (Lipinski definition) is 1. The summed E-state index contributed by atoms with van der Waals surface area (Å²) < 4.78 is 0. The van der Waals surface area contributed by atoms with Gasteiger partial charge in [0.2, 0.25) is 0 Å². The molecule has 0 spiro atoms. The van der Waals surface area contributed by atoms with Crippen molar-refractivity contribution >= 4 is 6.29 Å². The van der Waals surface area contributed by atoms with Crippen LogP contribution >= 0.6 is 0 Å². The van der Waals surface area contributed by atoms with Crippen LogP contribution in [0.2, 0.25) is 0 Å². The predicted octanol–water partition coefficient (Wildman–Crippen LogP) is 2.96. The number of allylic oxidation sites excluding steroid dienone is 2. The lowest BCUT2D eigenvalue weighted by Gasteiger charge is -2.56. The second-order valence-electron chi connectivity index (χ2n) is 5.03. The van der Waals surface area contributed by atoms with Crippen molar-refractivity contribution in [3.8, 4) is 0 Å². The zero-order valence-corrected chi connectivity index (χ0v) is 8.55. The van der Waals surface area contributed by atoms with E-state index in [0.717, 1.165) is 24.5 Å². The summed E-state index contributed by atoms with van der Waals surface area (Å²) in [6, 6.07) is 0. The number of hydrogen-bond donors (Lipinski definition) is 0. The predicted molar refractivity (Wildman–Crippen MR) is 53.4 cm³/mol. The lowest BCUT2D eigenvalue weighted by Crippen LogP contribution is -2.48. The molecule has 0 aromatic rings. The molecule has 0 radical (unpaired) electrons. The van der Waals surface area contributed by atoms with E-state index < -0.39 is 0 Å². The second-order valence-corrected chi connectivity index (χ2v) is 5.03. The molecule has 1 nitrogen and oxygen atoms in total. The highest BCUT2D eigenvalue weighted by Gasteiger charge is 2.50. The average molecular weight is 178 g/mol. The van der Waals surface area contributed by atoms with Gasteiger partial charge in [-0.3, -0.25) is 0 Å². The van der Waals surface area contributed by atoms with E-state index in [2.05, 4.69) is 19.9 Å². The van der Waals surface area contributed by atoms with Crippen molar-refractivity contribution in [2.75, 3.05) is 0 Å². The van der Waals surface area contributed by atoms with Crippen LogP contribution < -0.4 is 0 Å². The van der Waals surface area contributed by atoms with Crippen LogP contribution in [0.4, 0.5) is 0 Å². The minimum atomic E-state index is 0.521. The van der Waals surface area contributed by atoms with E-state index in [0.29, 0.717) is 11.8 Å². The van der Waals surface area contributed by atoms with Crippen LogP contribution in [0.3, 0.4) is 0 Å². The van der Waals surface area contributed by atoms with E-state index in [-0.39, 0.29) is 0 Å². The molecule has 0 saturated heterocycles. The van der Waals surface area contributed by atoms with Gasteiger partial charge in [-0.25, -0.2) is 0 Å². The van der Waals surface area contributed by atoms with Gasteiger partial charge < -0.3 is 4.79 Å². The first-order valence-electron chi connectivity index (χ1n) is 5.29. The minimum Gasteiger partial charge on any atom is -0.303 e. The van der Waals surface area contributed by atoms with Gasteiger partial charge >= 0.3 is 0 Å². The summed E-state index contributed by atoms with van der Waals surface area (Å²) in [5.41, 5.74) is 2.08. The van der Waals surface area contributed by atoms with Gasteiger partial charge in [0.05, 0.1) is 0 Å². The first-order valence-corrected chi connectivity index (χ1v) is 5.29. The second kappa shape index (κ2) is 2.97. The molecule has 2 atom stereocenters. The smallest absolute Gasteiger partial charge is 0.120 e. The summed E-state index contributed by atoms with van der Waals surface area (Å²) in [6.07, 6.45) is 7.76. The van der Waals surface area contributed by atoms with Gasteiger partial charge in [-0.05, 0) is 36.5 Å². The maximum Gasteiger partial charge on any atom is 0.120 e. The van der Waals surface area contributed by atoms with Crippen molar-refractivity contribution in [2.24, 2.45) is 17.3 Å². The maximum absolute atomic E-state index is 10.3. The molecule has 72 valence electrons. The number of fused-ring (bicyclic) bond motifs is 1. The molecule has 13 heavy (non-hydrogen) atoms. The molecule has 1 saturated carbocycles. The number of carbonyl (C=O) groups is 1. The molecule has 0 heterocycles. The highest BCUT2D eigenvalue weighted by molar-refractivity contribution is 5.50. The summed E-state index contributed by atoms with van der Waals surface area (Å²) in [5, 5.41) is 0. The average Bonchev–Trinajstić information content (AvgIpc) is 2.14. The molecular formula is C12H18O. The molecular weight excluding hydrogens is 160 g/mol. The molecule has 3 rings (SSSR count). The summed E-state index contributed by atoms with van der Waals surface area (Å²) in [6.45, 7) is 4.75. The molecule has 0 aliphatic heterocycles. The maximum atomic E-state index is 10.3. The molecule has 3 aliphatic rings. The van der Waals surface area contributed by atoms with Crippen LogP contribution in [0.1, 0.15) is 39.5 Å². The number of rotatable bonds is 3. The van der Waals surface area contributed by atoms with Crippen LogP contribution in [0.25, 0.3) is 0 Å². The Morgan fingerprint density at radius 3 is 2.92 bits per heavy atom. The quantitative estimate of drug-likeness (QED) is 0.479. The molecule has 2 bridgehead atoms. The van der Waals surface area contributed by atoms with Crippen LogP contribution in [0.15, 0.2) is 11.6 Å². The van der Waals surface area contributed by atoms with Crippen molar-refractivity contribution in [1.29, 1.82) is 0 Å². The number of aldehydes is 1. The van der Waals surface area contributed by atoms with E-state index in [1.807, 2.05) is 0 Å². The third kappa shape index (κ3) is 1.25. The van der Waals surface area contributed by atoms with Gasteiger partial charge in [0.1, 0.15) is 6.29 Å². The molecule has 0 aromatic heterocycles. The Morgan fingerprint density at radius 2 is 2.38 bits per heavy atom. The summed E-state index contributed by atoms with van der Waals surface area (Å²) in [7, 11) is 0. The molecule has 0 N–H and O–H groups in total. The molecule has 3 aliphatic carbocycles. The first-order chi connectivity index (χ1) is 6.16. The normalized spacial score (nSPS) is 34.8. The standard InChI is InChI=1S/C12H18O/c1-12(2)10-6-5-9(4-3-7-13)11(12)8-10/h5,7,10-11H,3-4,6,8H2,1-2H3/t10-,11-/m1/s1. The monoisotopic (exact) mass is 178 g/mol. The Balaban J connectivity index is 2.05. The highest BCUT2D eigenvalue weighted by Crippen LogP contribution is 2.59. The van der Waals surface area contributed by atoms with Crippen LogP contribution in [0, 0.1) is 17.3 Å². The van der Waals surface area contributed by atoms with E-state index in [1.54, 1.807) is 5.57 Å². The van der Waals surface area contributed by atoms with Crippen molar-refractivity contribution in [3.05, 3.63) is 11.6 Å². The van der Waals surface area contributed by atoms with Gasteiger partial charge in [0.15, 0.2) is 0 Å².